The van der Waals surface area contributed by atoms with Crippen LogP contribution in [0.3, 0.4) is 0 Å². The van der Waals surface area contributed by atoms with Crippen LogP contribution in [0.4, 0.5) is 22.0 Å². The highest BCUT2D eigenvalue weighted by atomic mass is 19.4. The first-order chi connectivity index (χ1) is 8.31. The SMILES string of the molecule is FC(F)(F)C(F)(F)COc1ncccc1C1CC1. The first kappa shape index (κ1) is 13.0. The summed E-state index contributed by atoms with van der Waals surface area (Å²) in [7, 11) is 0. The van der Waals surface area contributed by atoms with Crippen LogP contribution in [0.2, 0.25) is 0 Å². The van der Waals surface area contributed by atoms with Crippen molar-refractivity contribution >= 4 is 0 Å². The molecule has 0 atom stereocenters. The summed E-state index contributed by atoms with van der Waals surface area (Å²) in [6, 6.07) is 3.23. The zero-order chi connectivity index (χ0) is 13.4. The number of ether oxygens (including phenoxy) is 1. The molecule has 0 radical (unpaired) electrons. The monoisotopic (exact) mass is 267 g/mol. The molecule has 1 aromatic heterocycles. The van der Waals surface area contributed by atoms with E-state index in [4.69, 9.17) is 0 Å². The van der Waals surface area contributed by atoms with Gasteiger partial charge in [-0.1, -0.05) is 6.07 Å². The lowest BCUT2D eigenvalue weighted by Crippen LogP contribution is -2.42. The summed E-state index contributed by atoms with van der Waals surface area (Å²) in [5.74, 6) is -4.84. The quantitative estimate of drug-likeness (QED) is 0.778. The summed E-state index contributed by atoms with van der Waals surface area (Å²) in [5, 5.41) is 0. The molecule has 0 bridgehead atoms. The van der Waals surface area contributed by atoms with Crippen LogP contribution >= 0.6 is 0 Å². The molecule has 0 aliphatic heterocycles. The molecular formula is C11H10F5NO. The largest absolute Gasteiger partial charge is 0.471 e. The molecule has 1 fully saturated rings. The Balaban J connectivity index is 2.06. The topological polar surface area (TPSA) is 22.1 Å². The van der Waals surface area contributed by atoms with E-state index >= 15 is 0 Å². The number of nitrogens with zero attached hydrogens (tertiary/aromatic N) is 1. The van der Waals surface area contributed by atoms with Gasteiger partial charge in [-0.15, -0.1) is 0 Å². The predicted octanol–water partition coefficient (Wildman–Crippen LogP) is 3.54. The maximum Gasteiger partial charge on any atom is 0.456 e. The molecule has 0 unspecified atom stereocenters. The molecule has 0 spiro atoms. The fourth-order valence-corrected chi connectivity index (χ4v) is 1.47. The lowest BCUT2D eigenvalue weighted by Gasteiger charge is -2.20. The number of aromatic nitrogens is 1. The smallest absolute Gasteiger partial charge is 0.456 e. The summed E-state index contributed by atoms with van der Waals surface area (Å²) in [6.45, 7) is -1.74. The fourth-order valence-electron chi connectivity index (χ4n) is 1.47. The van der Waals surface area contributed by atoms with E-state index in [9.17, 15) is 22.0 Å². The average Bonchev–Trinajstić information content (AvgIpc) is 3.09. The van der Waals surface area contributed by atoms with Crippen LogP contribution in [0.15, 0.2) is 18.3 Å². The Morgan fingerprint density at radius 1 is 1.22 bits per heavy atom. The van der Waals surface area contributed by atoms with Crippen LogP contribution in [0.5, 0.6) is 5.88 Å². The lowest BCUT2D eigenvalue weighted by molar-refractivity contribution is -0.290. The molecular weight excluding hydrogens is 257 g/mol. The number of rotatable bonds is 4. The average molecular weight is 267 g/mol. The molecule has 1 aliphatic carbocycles. The van der Waals surface area contributed by atoms with Crippen molar-refractivity contribution in [3.8, 4) is 5.88 Å². The van der Waals surface area contributed by atoms with E-state index in [1.165, 1.54) is 6.20 Å². The third-order valence-corrected chi connectivity index (χ3v) is 2.62. The van der Waals surface area contributed by atoms with Crippen LogP contribution in [0.1, 0.15) is 24.3 Å². The second-order valence-corrected chi connectivity index (χ2v) is 4.16. The highest BCUT2D eigenvalue weighted by Crippen LogP contribution is 2.44. The van der Waals surface area contributed by atoms with Gasteiger partial charge in [-0.05, 0) is 24.8 Å². The van der Waals surface area contributed by atoms with Crippen molar-refractivity contribution in [3.63, 3.8) is 0 Å². The third kappa shape index (κ3) is 2.70. The van der Waals surface area contributed by atoms with E-state index in [0.717, 1.165) is 12.8 Å². The van der Waals surface area contributed by atoms with Gasteiger partial charge in [0.05, 0.1) is 0 Å². The van der Waals surface area contributed by atoms with E-state index in [2.05, 4.69) is 9.72 Å². The van der Waals surface area contributed by atoms with Gasteiger partial charge in [0.2, 0.25) is 5.88 Å². The molecule has 0 amide bonds. The summed E-state index contributed by atoms with van der Waals surface area (Å²) in [5.41, 5.74) is 0.593. The van der Waals surface area contributed by atoms with Gasteiger partial charge in [0.1, 0.15) is 0 Å². The van der Waals surface area contributed by atoms with E-state index < -0.39 is 18.7 Å². The van der Waals surface area contributed by atoms with E-state index in [1.807, 2.05) is 0 Å². The number of hydrogen-bond acceptors (Lipinski definition) is 2. The Hall–Kier alpha value is -1.40. The molecule has 2 nitrogen and oxygen atoms in total. The highest BCUT2D eigenvalue weighted by Gasteiger charge is 2.58. The molecule has 1 aromatic rings. The van der Waals surface area contributed by atoms with Crippen LogP contribution in [0.25, 0.3) is 0 Å². The molecule has 100 valence electrons. The first-order valence-electron chi connectivity index (χ1n) is 5.33. The summed E-state index contributed by atoms with van der Waals surface area (Å²) < 4.78 is 65.8. The zero-order valence-electron chi connectivity index (χ0n) is 9.18. The van der Waals surface area contributed by atoms with Gasteiger partial charge in [0.15, 0.2) is 6.61 Å². The van der Waals surface area contributed by atoms with Crippen molar-refractivity contribution in [2.24, 2.45) is 0 Å². The summed E-state index contributed by atoms with van der Waals surface area (Å²) >= 11 is 0. The van der Waals surface area contributed by atoms with Crippen LogP contribution in [-0.2, 0) is 0 Å². The van der Waals surface area contributed by atoms with Crippen LogP contribution < -0.4 is 4.74 Å². The third-order valence-electron chi connectivity index (χ3n) is 2.62. The fraction of sp³-hybridized carbons (Fsp3) is 0.545. The summed E-state index contributed by atoms with van der Waals surface area (Å²) in [4.78, 5) is 3.70. The highest BCUT2D eigenvalue weighted by molar-refractivity contribution is 5.32. The number of hydrogen-bond donors (Lipinski definition) is 0. The number of halogens is 5. The normalized spacial score (nSPS) is 16.7. The van der Waals surface area contributed by atoms with Gasteiger partial charge in [0, 0.05) is 11.8 Å². The van der Waals surface area contributed by atoms with Crippen molar-refractivity contribution in [1.29, 1.82) is 0 Å². The molecule has 1 heterocycles. The molecule has 18 heavy (non-hydrogen) atoms. The van der Waals surface area contributed by atoms with E-state index in [0.29, 0.717) is 5.56 Å². The predicted molar refractivity (Wildman–Crippen MR) is 52.7 cm³/mol. The van der Waals surface area contributed by atoms with Gasteiger partial charge < -0.3 is 4.74 Å². The van der Waals surface area contributed by atoms with E-state index in [-0.39, 0.29) is 11.8 Å². The lowest BCUT2D eigenvalue weighted by atomic mass is 10.2. The molecule has 2 rings (SSSR count). The Bertz CT molecular complexity index is 428. The molecule has 0 saturated heterocycles. The van der Waals surface area contributed by atoms with E-state index in [1.54, 1.807) is 12.1 Å². The second kappa shape index (κ2) is 4.37. The standard InChI is InChI=1S/C11H10F5NO/c12-10(13,11(14,15)16)6-18-9-8(7-3-4-7)2-1-5-17-9/h1-2,5,7H,3-4,6H2. The van der Waals surface area contributed by atoms with Crippen molar-refractivity contribution in [3.05, 3.63) is 23.9 Å². The van der Waals surface area contributed by atoms with Gasteiger partial charge in [-0.3, -0.25) is 0 Å². The van der Waals surface area contributed by atoms with Gasteiger partial charge in [-0.25, -0.2) is 4.98 Å². The Morgan fingerprint density at radius 2 is 1.89 bits per heavy atom. The Morgan fingerprint density at radius 3 is 2.44 bits per heavy atom. The van der Waals surface area contributed by atoms with Crippen LogP contribution in [-0.4, -0.2) is 23.7 Å². The molecule has 1 aliphatic rings. The molecule has 1 saturated carbocycles. The van der Waals surface area contributed by atoms with Gasteiger partial charge >= 0.3 is 12.1 Å². The van der Waals surface area contributed by atoms with Crippen molar-refractivity contribution in [2.75, 3.05) is 6.61 Å². The minimum absolute atomic E-state index is 0.135. The number of pyridine rings is 1. The maximum atomic E-state index is 12.7. The maximum absolute atomic E-state index is 12.7. The second-order valence-electron chi connectivity index (χ2n) is 4.16. The zero-order valence-corrected chi connectivity index (χ0v) is 9.18. The summed E-state index contributed by atoms with van der Waals surface area (Å²) in [6.07, 6.45) is -2.57. The van der Waals surface area contributed by atoms with Crippen LogP contribution in [0, 0.1) is 0 Å². The molecule has 0 N–H and O–H groups in total. The van der Waals surface area contributed by atoms with Gasteiger partial charge in [0.25, 0.3) is 0 Å². The Labute approximate surface area is 99.8 Å². The molecule has 7 heteroatoms. The Kier molecular flexibility index (Phi) is 3.16. The minimum Gasteiger partial charge on any atom is -0.471 e. The van der Waals surface area contributed by atoms with Crippen molar-refractivity contribution in [1.82, 2.24) is 4.98 Å². The first-order valence-corrected chi connectivity index (χ1v) is 5.33. The molecule has 0 aromatic carbocycles. The minimum atomic E-state index is -5.61. The number of alkyl halides is 5. The van der Waals surface area contributed by atoms with Crippen molar-refractivity contribution < 1.29 is 26.7 Å². The van der Waals surface area contributed by atoms with Gasteiger partial charge in [-0.2, -0.15) is 22.0 Å². The van der Waals surface area contributed by atoms with Crippen molar-refractivity contribution in [2.45, 2.75) is 30.9 Å².